The molecular formula is C9H15Cl2N7. The second-order valence-electron chi connectivity index (χ2n) is 3.97. The molecule has 3 N–H and O–H groups in total. The molecule has 9 heteroatoms. The fraction of sp³-hybridized carbons (Fsp3) is 0.556. The first-order chi connectivity index (χ1) is 7.86. The third-order valence-electron chi connectivity index (χ3n) is 2.91. The number of piperidine rings is 1. The van der Waals surface area contributed by atoms with Crippen LogP contribution >= 0.6 is 24.8 Å². The second-order valence-corrected chi connectivity index (χ2v) is 3.97. The average Bonchev–Trinajstić information content (AvgIpc) is 2.75. The maximum atomic E-state index is 5.72. The Labute approximate surface area is 116 Å². The molecule has 1 saturated heterocycles. The Kier molecular flexibility index (Phi) is 5.06. The zero-order valence-corrected chi connectivity index (χ0v) is 11.2. The second kappa shape index (κ2) is 6.12. The lowest BCUT2D eigenvalue weighted by Crippen LogP contribution is -2.32. The van der Waals surface area contributed by atoms with Crippen LogP contribution in [0.2, 0.25) is 0 Å². The van der Waals surface area contributed by atoms with Crippen LogP contribution in [-0.2, 0) is 0 Å². The van der Waals surface area contributed by atoms with Crippen molar-refractivity contribution in [2.45, 2.75) is 18.9 Å². The molecule has 7 nitrogen and oxygen atoms in total. The smallest absolute Gasteiger partial charge is 0.184 e. The molecule has 2 aromatic rings. The monoisotopic (exact) mass is 291 g/mol. The molecular weight excluding hydrogens is 277 g/mol. The summed E-state index contributed by atoms with van der Waals surface area (Å²) in [7, 11) is 0. The lowest BCUT2D eigenvalue weighted by atomic mass is 10.1. The summed E-state index contributed by atoms with van der Waals surface area (Å²) >= 11 is 0. The van der Waals surface area contributed by atoms with Gasteiger partial charge in [0.2, 0.25) is 0 Å². The molecule has 0 aliphatic carbocycles. The molecule has 0 unspecified atom stereocenters. The Morgan fingerprint density at radius 1 is 1.33 bits per heavy atom. The van der Waals surface area contributed by atoms with E-state index in [1.165, 1.54) is 6.33 Å². The SMILES string of the molecule is Cl.Cl.Nc1ncnc2c1nnn2[C@H]1CCCNC1. The molecule has 0 amide bonds. The fourth-order valence-corrected chi connectivity index (χ4v) is 2.07. The van der Waals surface area contributed by atoms with E-state index in [9.17, 15) is 0 Å². The highest BCUT2D eigenvalue weighted by atomic mass is 35.5. The minimum atomic E-state index is 0. The Bertz CT molecular complexity index is 509. The summed E-state index contributed by atoms with van der Waals surface area (Å²) in [5.41, 5.74) is 7.03. The van der Waals surface area contributed by atoms with Gasteiger partial charge in [-0.3, -0.25) is 0 Å². The summed E-state index contributed by atoms with van der Waals surface area (Å²) in [6.45, 7) is 1.97. The third kappa shape index (κ3) is 2.47. The van der Waals surface area contributed by atoms with Gasteiger partial charge in [-0.15, -0.1) is 29.9 Å². The minimum Gasteiger partial charge on any atom is -0.382 e. The van der Waals surface area contributed by atoms with Crippen LogP contribution in [0.1, 0.15) is 18.9 Å². The van der Waals surface area contributed by atoms with Crippen molar-refractivity contribution in [1.82, 2.24) is 30.3 Å². The summed E-state index contributed by atoms with van der Waals surface area (Å²) in [4.78, 5) is 8.10. The third-order valence-corrected chi connectivity index (χ3v) is 2.91. The van der Waals surface area contributed by atoms with Crippen molar-refractivity contribution in [3.63, 3.8) is 0 Å². The molecule has 1 atom stereocenters. The largest absolute Gasteiger partial charge is 0.382 e. The number of nitrogens with one attached hydrogen (secondary N) is 1. The number of anilines is 1. The maximum absolute atomic E-state index is 5.72. The van der Waals surface area contributed by atoms with E-state index in [0.29, 0.717) is 17.4 Å². The summed E-state index contributed by atoms with van der Waals surface area (Å²) in [6.07, 6.45) is 3.69. The van der Waals surface area contributed by atoms with Crippen LogP contribution in [0.5, 0.6) is 0 Å². The van der Waals surface area contributed by atoms with Gasteiger partial charge in [0.05, 0.1) is 6.04 Å². The van der Waals surface area contributed by atoms with Gasteiger partial charge < -0.3 is 11.1 Å². The zero-order chi connectivity index (χ0) is 11.0. The highest BCUT2D eigenvalue weighted by molar-refractivity contribution is 5.85. The Morgan fingerprint density at radius 2 is 2.17 bits per heavy atom. The number of hydrogen-bond acceptors (Lipinski definition) is 6. The number of aromatic nitrogens is 5. The van der Waals surface area contributed by atoms with Gasteiger partial charge in [-0.25, -0.2) is 14.6 Å². The van der Waals surface area contributed by atoms with Crippen LogP contribution in [0.25, 0.3) is 11.2 Å². The number of rotatable bonds is 1. The molecule has 0 bridgehead atoms. The Balaban J connectivity index is 0.000000810. The molecule has 1 aliphatic heterocycles. The molecule has 0 saturated carbocycles. The van der Waals surface area contributed by atoms with Gasteiger partial charge in [-0.2, -0.15) is 0 Å². The van der Waals surface area contributed by atoms with Gasteiger partial charge in [0.15, 0.2) is 17.0 Å². The van der Waals surface area contributed by atoms with Crippen molar-refractivity contribution < 1.29 is 0 Å². The fourth-order valence-electron chi connectivity index (χ4n) is 2.07. The van der Waals surface area contributed by atoms with E-state index < -0.39 is 0 Å². The van der Waals surface area contributed by atoms with E-state index in [0.717, 1.165) is 31.6 Å². The van der Waals surface area contributed by atoms with Crippen LogP contribution in [-0.4, -0.2) is 38.1 Å². The molecule has 0 aromatic carbocycles. The molecule has 100 valence electrons. The Morgan fingerprint density at radius 3 is 2.89 bits per heavy atom. The molecule has 18 heavy (non-hydrogen) atoms. The Hall–Kier alpha value is -1.18. The first-order valence-corrected chi connectivity index (χ1v) is 5.38. The van der Waals surface area contributed by atoms with Crippen LogP contribution in [0.15, 0.2) is 6.33 Å². The quantitative estimate of drug-likeness (QED) is 0.798. The van der Waals surface area contributed by atoms with Crippen molar-refractivity contribution in [3.05, 3.63) is 6.33 Å². The van der Waals surface area contributed by atoms with Gasteiger partial charge in [-0.05, 0) is 19.4 Å². The lowest BCUT2D eigenvalue weighted by Gasteiger charge is -2.22. The first-order valence-electron chi connectivity index (χ1n) is 5.38. The number of nitrogens with two attached hydrogens (primary N) is 1. The van der Waals surface area contributed by atoms with Crippen LogP contribution in [0.3, 0.4) is 0 Å². The van der Waals surface area contributed by atoms with Crippen molar-refractivity contribution in [2.75, 3.05) is 18.8 Å². The molecule has 1 aliphatic rings. The van der Waals surface area contributed by atoms with Crippen molar-refractivity contribution in [3.8, 4) is 0 Å². The highest BCUT2D eigenvalue weighted by Crippen LogP contribution is 2.20. The standard InChI is InChI=1S/C9H13N7.2ClH/c10-8-7-9(13-5-12-8)16(15-14-7)6-2-1-3-11-4-6;;/h5-6,11H,1-4H2,(H2,10,12,13);2*1H/t6-;;/m0../s1. The predicted molar refractivity (Wildman–Crippen MR) is 73.2 cm³/mol. The number of nitrogens with zero attached hydrogens (tertiary/aromatic N) is 5. The van der Waals surface area contributed by atoms with E-state index >= 15 is 0 Å². The van der Waals surface area contributed by atoms with Crippen molar-refractivity contribution in [1.29, 1.82) is 0 Å². The average molecular weight is 292 g/mol. The van der Waals surface area contributed by atoms with Gasteiger partial charge in [0, 0.05) is 6.54 Å². The first kappa shape index (κ1) is 14.9. The van der Waals surface area contributed by atoms with E-state index in [1.807, 2.05) is 4.68 Å². The maximum Gasteiger partial charge on any atom is 0.184 e. The minimum absolute atomic E-state index is 0. The van der Waals surface area contributed by atoms with E-state index in [4.69, 9.17) is 5.73 Å². The van der Waals surface area contributed by atoms with E-state index in [2.05, 4.69) is 25.6 Å². The van der Waals surface area contributed by atoms with E-state index in [1.54, 1.807) is 0 Å². The van der Waals surface area contributed by atoms with Gasteiger partial charge in [0.25, 0.3) is 0 Å². The van der Waals surface area contributed by atoms with Crippen LogP contribution < -0.4 is 11.1 Å². The summed E-state index contributed by atoms with van der Waals surface area (Å²) < 4.78 is 1.85. The number of hydrogen-bond donors (Lipinski definition) is 2. The zero-order valence-electron chi connectivity index (χ0n) is 9.61. The van der Waals surface area contributed by atoms with Gasteiger partial charge >= 0.3 is 0 Å². The van der Waals surface area contributed by atoms with Crippen LogP contribution in [0, 0.1) is 0 Å². The predicted octanol–water partition coefficient (Wildman–Crippen LogP) is 0.572. The van der Waals surface area contributed by atoms with Gasteiger partial charge in [-0.1, -0.05) is 5.21 Å². The van der Waals surface area contributed by atoms with Gasteiger partial charge in [0.1, 0.15) is 6.33 Å². The topological polar surface area (TPSA) is 94.5 Å². The molecule has 0 spiro atoms. The van der Waals surface area contributed by atoms with Crippen molar-refractivity contribution in [2.24, 2.45) is 0 Å². The summed E-state index contributed by atoms with van der Waals surface area (Å²) in [5, 5.41) is 11.5. The molecule has 0 radical (unpaired) electrons. The number of halogens is 2. The number of fused-ring (bicyclic) bond motifs is 1. The van der Waals surface area contributed by atoms with Crippen LogP contribution in [0.4, 0.5) is 5.82 Å². The molecule has 2 aromatic heterocycles. The lowest BCUT2D eigenvalue weighted by molar-refractivity contribution is 0.347. The normalized spacial score (nSPS) is 19.0. The summed E-state index contributed by atoms with van der Waals surface area (Å²) in [5.74, 6) is 0.389. The molecule has 3 heterocycles. The molecule has 1 fully saturated rings. The van der Waals surface area contributed by atoms with E-state index in [-0.39, 0.29) is 24.8 Å². The molecule has 3 rings (SSSR count). The summed E-state index contributed by atoms with van der Waals surface area (Å²) in [6, 6.07) is 0.313. The number of nitrogen functional groups attached to an aromatic ring is 1. The highest BCUT2D eigenvalue weighted by Gasteiger charge is 2.19. The van der Waals surface area contributed by atoms with Crippen molar-refractivity contribution >= 4 is 41.8 Å².